The van der Waals surface area contributed by atoms with Gasteiger partial charge in [-0.15, -0.1) is 11.3 Å². The summed E-state index contributed by atoms with van der Waals surface area (Å²) >= 11 is 1.65. The first kappa shape index (κ1) is 13.1. The van der Waals surface area contributed by atoms with Gasteiger partial charge in [0.05, 0.1) is 10.9 Å². The highest BCUT2D eigenvalue weighted by Crippen LogP contribution is 2.30. The van der Waals surface area contributed by atoms with Crippen molar-refractivity contribution in [3.05, 3.63) is 45.9 Å². The smallest absolute Gasteiger partial charge is 0.229 e. The van der Waals surface area contributed by atoms with Gasteiger partial charge in [0.15, 0.2) is 0 Å². The van der Waals surface area contributed by atoms with E-state index in [2.05, 4.69) is 15.6 Å². The van der Waals surface area contributed by atoms with Crippen LogP contribution in [0.25, 0.3) is 0 Å². The van der Waals surface area contributed by atoms with Crippen LogP contribution in [0.5, 0.6) is 0 Å². The molecule has 0 radical (unpaired) electrons. The number of benzene rings is 1. The molecule has 1 aliphatic heterocycles. The minimum absolute atomic E-state index is 0.0794. The fourth-order valence-corrected chi connectivity index (χ4v) is 3.23. The number of aryl methyl sites for hydroxylation is 1. The van der Waals surface area contributed by atoms with Crippen molar-refractivity contribution < 1.29 is 4.79 Å². The maximum atomic E-state index is 12.2. The minimum atomic E-state index is -0.0794. The van der Waals surface area contributed by atoms with Crippen molar-refractivity contribution in [1.29, 1.82) is 0 Å². The summed E-state index contributed by atoms with van der Waals surface area (Å²) in [6, 6.07) is 7.99. The van der Waals surface area contributed by atoms with Crippen molar-refractivity contribution in [1.82, 2.24) is 10.3 Å². The van der Waals surface area contributed by atoms with Crippen molar-refractivity contribution in [2.75, 3.05) is 18.4 Å². The Bertz CT molecular complexity index is 623. The van der Waals surface area contributed by atoms with Crippen LogP contribution in [0.3, 0.4) is 0 Å². The second-order valence-electron chi connectivity index (χ2n) is 4.94. The van der Waals surface area contributed by atoms with Crippen LogP contribution in [0.1, 0.15) is 22.2 Å². The number of carbonyl (C=O) groups excluding carboxylic acids is 1. The van der Waals surface area contributed by atoms with Crippen LogP contribution in [0.4, 0.5) is 5.69 Å². The van der Waals surface area contributed by atoms with E-state index in [4.69, 9.17) is 0 Å². The molecule has 5 heteroatoms. The van der Waals surface area contributed by atoms with Gasteiger partial charge in [0.25, 0.3) is 0 Å². The Labute approximate surface area is 122 Å². The lowest BCUT2D eigenvalue weighted by atomic mass is 10.0. The Balaban J connectivity index is 1.55. The molecule has 1 unspecified atom stereocenters. The summed E-state index contributed by atoms with van der Waals surface area (Å²) in [6.45, 7) is 3.31. The first-order valence-corrected chi connectivity index (χ1v) is 7.63. The molecule has 1 amide bonds. The van der Waals surface area contributed by atoms with Gasteiger partial charge in [-0.2, -0.15) is 0 Å². The second kappa shape index (κ2) is 5.63. The highest BCUT2D eigenvalue weighted by atomic mass is 32.1. The zero-order valence-corrected chi connectivity index (χ0v) is 12.2. The predicted molar refractivity (Wildman–Crippen MR) is 81.2 cm³/mol. The number of para-hydroxylation sites is 1. The number of rotatable bonds is 4. The maximum Gasteiger partial charge on any atom is 0.229 e. The summed E-state index contributed by atoms with van der Waals surface area (Å²) in [5, 5.41) is 9.40. The summed E-state index contributed by atoms with van der Waals surface area (Å²) in [4.78, 5) is 16.6. The number of aromatic nitrogens is 1. The van der Waals surface area contributed by atoms with Gasteiger partial charge < -0.3 is 10.6 Å². The minimum Gasteiger partial charge on any atom is -0.384 e. The number of hydrogen-bond donors (Lipinski definition) is 2. The number of amides is 1. The third-order valence-electron chi connectivity index (χ3n) is 3.45. The highest BCUT2D eigenvalue weighted by molar-refractivity contribution is 7.09. The van der Waals surface area contributed by atoms with Crippen molar-refractivity contribution >= 4 is 22.9 Å². The molecule has 1 aromatic carbocycles. The quantitative estimate of drug-likeness (QED) is 0.907. The van der Waals surface area contributed by atoms with Gasteiger partial charge in [-0.3, -0.25) is 4.79 Å². The van der Waals surface area contributed by atoms with Crippen LogP contribution < -0.4 is 10.6 Å². The lowest BCUT2D eigenvalue weighted by molar-refractivity contribution is -0.122. The normalized spacial score (nSPS) is 16.6. The third kappa shape index (κ3) is 2.67. The van der Waals surface area contributed by atoms with Crippen LogP contribution in [0, 0.1) is 6.92 Å². The van der Waals surface area contributed by atoms with Gasteiger partial charge in [-0.1, -0.05) is 18.2 Å². The fourth-order valence-electron chi connectivity index (χ4n) is 2.45. The van der Waals surface area contributed by atoms with E-state index in [-0.39, 0.29) is 11.8 Å². The summed E-state index contributed by atoms with van der Waals surface area (Å²) in [5.74, 6) is 0.0139. The van der Waals surface area contributed by atoms with E-state index in [9.17, 15) is 4.79 Å². The standard InChI is InChI=1S/C15H17N3OS/c1-10-9-20-14(18-10)6-7-16-15(19)12-8-17-13-5-3-2-4-11(12)13/h2-5,9,12,17H,6-8H2,1H3,(H,16,19). The lowest BCUT2D eigenvalue weighted by Crippen LogP contribution is -2.31. The van der Waals surface area contributed by atoms with Gasteiger partial charge in [0.2, 0.25) is 5.91 Å². The molecule has 0 spiro atoms. The van der Waals surface area contributed by atoms with Crippen LogP contribution in [0.2, 0.25) is 0 Å². The SMILES string of the molecule is Cc1csc(CCNC(=O)C2CNc3ccccc32)n1. The summed E-state index contributed by atoms with van der Waals surface area (Å²) in [7, 11) is 0. The van der Waals surface area contributed by atoms with Crippen LogP contribution in [-0.4, -0.2) is 24.0 Å². The first-order chi connectivity index (χ1) is 9.74. The molecule has 20 heavy (non-hydrogen) atoms. The fraction of sp³-hybridized carbons (Fsp3) is 0.333. The van der Waals surface area contributed by atoms with Crippen LogP contribution in [-0.2, 0) is 11.2 Å². The van der Waals surface area contributed by atoms with E-state index in [0.717, 1.165) is 28.4 Å². The first-order valence-electron chi connectivity index (χ1n) is 6.75. The van der Waals surface area contributed by atoms with Crippen molar-refractivity contribution in [2.45, 2.75) is 19.3 Å². The Morgan fingerprint density at radius 1 is 1.50 bits per heavy atom. The number of carbonyl (C=O) groups is 1. The van der Waals surface area contributed by atoms with Gasteiger partial charge in [0.1, 0.15) is 0 Å². The topological polar surface area (TPSA) is 54.0 Å². The van der Waals surface area contributed by atoms with Gasteiger partial charge >= 0.3 is 0 Å². The monoisotopic (exact) mass is 287 g/mol. The Morgan fingerprint density at radius 3 is 3.15 bits per heavy atom. The van der Waals surface area contributed by atoms with E-state index in [0.29, 0.717) is 13.1 Å². The van der Waals surface area contributed by atoms with Crippen molar-refractivity contribution in [3.63, 3.8) is 0 Å². The van der Waals surface area contributed by atoms with E-state index < -0.39 is 0 Å². The average molecular weight is 287 g/mol. The van der Waals surface area contributed by atoms with Gasteiger partial charge in [-0.05, 0) is 18.6 Å². The van der Waals surface area contributed by atoms with Gasteiger partial charge in [0, 0.05) is 36.3 Å². The Morgan fingerprint density at radius 2 is 2.35 bits per heavy atom. The Hall–Kier alpha value is -1.88. The van der Waals surface area contributed by atoms with Crippen molar-refractivity contribution in [2.24, 2.45) is 0 Å². The highest BCUT2D eigenvalue weighted by Gasteiger charge is 2.27. The number of nitrogens with one attached hydrogen (secondary N) is 2. The molecule has 2 N–H and O–H groups in total. The number of hydrogen-bond acceptors (Lipinski definition) is 4. The van der Waals surface area contributed by atoms with Crippen molar-refractivity contribution in [3.8, 4) is 0 Å². The van der Waals surface area contributed by atoms with E-state index in [1.807, 2.05) is 36.6 Å². The molecule has 1 aromatic heterocycles. The lowest BCUT2D eigenvalue weighted by Gasteiger charge is -2.10. The molecule has 2 aromatic rings. The maximum absolute atomic E-state index is 12.2. The number of anilines is 1. The molecule has 104 valence electrons. The molecule has 4 nitrogen and oxygen atoms in total. The molecule has 0 saturated carbocycles. The molecule has 1 atom stereocenters. The number of thiazole rings is 1. The van der Waals surface area contributed by atoms with E-state index in [1.54, 1.807) is 11.3 Å². The largest absolute Gasteiger partial charge is 0.384 e. The molecular weight excluding hydrogens is 270 g/mol. The molecular formula is C15H17N3OS. The number of nitrogens with zero attached hydrogens (tertiary/aromatic N) is 1. The molecule has 3 rings (SSSR count). The molecule has 0 bridgehead atoms. The molecule has 2 heterocycles. The Kier molecular flexibility index (Phi) is 3.69. The summed E-state index contributed by atoms with van der Waals surface area (Å²) < 4.78 is 0. The molecule has 0 saturated heterocycles. The van der Waals surface area contributed by atoms with Gasteiger partial charge in [-0.25, -0.2) is 4.98 Å². The summed E-state index contributed by atoms with van der Waals surface area (Å²) in [5.41, 5.74) is 3.21. The average Bonchev–Trinajstić information content (AvgIpc) is 3.05. The number of fused-ring (bicyclic) bond motifs is 1. The molecule has 1 aliphatic rings. The molecule has 0 aliphatic carbocycles. The van der Waals surface area contributed by atoms with Crippen LogP contribution in [0.15, 0.2) is 29.6 Å². The zero-order valence-electron chi connectivity index (χ0n) is 11.3. The third-order valence-corrected chi connectivity index (χ3v) is 4.48. The zero-order chi connectivity index (χ0) is 13.9. The van der Waals surface area contributed by atoms with Crippen LogP contribution >= 0.6 is 11.3 Å². The van der Waals surface area contributed by atoms with E-state index >= 15 is 0 Å². The summed E-state index contributed by atoms with van der Waals surface area (Å²) in [6.07, 6.45) is 0.798. The molecule has 0 fully saturated rings. The predicted octanol–water partition coefficient (Wildman–Crippen LogP) is 2.32. The second-order valence-corrected chi connectivity index (χ2v) is 5.89. The van der Waals surface area contributed by atoms with E-state index in [1.165, 1.54) is 0 Å².